The fourth-order valence-electron chi connectivity index (χ4n) is 3.02. The van der Waals surface area contributed by atoms with Gasteiger partial charge in [0.15, 0.2) is 11.4 Å². The lowest BCUT2D eigenvalue weighted by Crippen LogP contribution is -2.23. The molecule has 3 heterocycles. The van der Waals surface area contributed by atoms with Gasteiger partial charge in [-0.15, -0.1) is 0 Å². The molecule has 0 N–H and O–H groups in total. The van der Waals surface area contributed by atoms with Gasteiger partial charge in [0.25, 0.3) is 0 Å². The molecule has 6 heteroatoms. The molecule has 0 unspecified atom stereocenters. The molecule has 1 aliphatic rings. The van der Waals surface area contributed by atoms with Crippen molar-refractivity contribution >= 4 is 11.1 Å². The van der Waals surface area contributed by atoms with Crippen molar-refractivity contribution in [2.24, 2.45) is 0 Å². The number of nitrogens with zero attached hydrogens (tertiary/aromatic N) is 4. The number of rotatable bonds is 4. The van der Waals surface area contributed by atoms with Crippen LogP contribution in [0.5, 0.6) is 0 Å². The first-order valence-electron chi connectivity index (χ1n) is 7.74. The number of fused-ring (bicyclic) bond motifs is 1. The van der Waals surface area contributed by atoms with Crippen LogP contribution in [0.4, 0.5) is 0 Å². The Morgan fingerprint density at radius 3 is 2.95 bits per heavy atom. The van der Waals surface area contributed by atoms with Crippen LogP contribution in [0, 0.1) is 0 Å². The molecule has 4 rings (SSSR count). The fourth-order valence-corrected chi connectivity index (χ4v) is 3.02. The molecule has 3 aromatic rings. The zero-order chi connectivity index (χ0) is 14.9. The lowest BCUT2D eigenvalue weighted by molar-refractivity contribution is 0.214. The third-order valence-electron chi connectivity index (χ3n) is 4.12. The van der Waals surface area contributed by atoms with Crippen LogP contribution in [0.1, 0.15) is 43.4 Å². The predicted octanol–water partition coefficient (Wildman–Crippen LogP) is 3.11. The molecule has 0 saturated carbocycles. The van der Waals surface area contributed by atoms with E-state index in [0.717, 1.165) is 48.6 Å². The standard InChI is InChI=1S/C16H18N4O2/c1-2-14-18-16(19-22-14)12-7-5-9-20(12)10-15-17-11-6-3-4-8-13(11)21-15/h3-4,6,8,12H,2,5,7,9-10H2,1H3/t12-/m0/s1. The number of oxazole rings is 1. The van der Waals surface area contributed by atoms with Crippen molar-refractivity contribution in [3.05, 3.63) is 41.9 Å². The minimum atomic E-state index is 0.194. The molecular weight excluding hydrogens is 280 g/mol. The van der Waals surface area contributed by atoms with Crippen LogP contribution in [0.2, 0.25) is 0 Å². The zero-order valence-corrected chi connectivity index (χ0v) is 12.5. The molecule has 6 nitrogen and oxygen atoms in total. The lowest BCUT2D eigenvalue weighted by Gasteiger charge is -2.19. The average molecular weight is 298 g/mol. The Kier molecular flexibility index (Phi) is 3.38. The molecule has 1 atom stereocenters. The summed E-state index contributed by atoms with van der Waals surface area (Å²) in [5.41, 5.74) is 1.74. The third-order valence-corrected chi connectivity index (χ3v) is 4.12. The van der Waals surface area contributed by atoms with Crippen molar-refractivity contribution in [3.8, 4) is 0 Å². The second-order valence-electron chi connectivity index (χ2n) is 5.60. The van der Waals surface area contributed by atoms with Gasteiger partial charge in [0.2, 0.25) is 11.8 Å². The summed E-state index contributed by atoms with van der Waals surface area (Å²) in [7, 11) is 0. The monoisotopic (exact) mass is 298 g/mol. The summed E-state index contributed by atoms with van der Waals surface area (Å²) in [6.45, 7) is 3.69. The van der Waals surface area contributed by atoms with Crippen molar-refractivity contribution in [3.63, 3.8) is 0 Å². The first kappa shape index (κ1) is 13.5. The van der Waals surface area contributed by atoms with Crippen LogP contribution in [0.25, 0.3) is 11.1 Å². The van der Waals surface area contributed by atoms with Crippen molar-refractivity contribution in [2.75, 3.05) is 6.54 Å². The first-order chi connectivity index (χ1) is 10.8. The number of likely N-dealkylation sites (tertiary alicyclic amines) is 1. The summed E-state index contributed by atoms with van der Waals surface area (Å²) < 4.78 is 11.1. The number of hydrogen-bond donors (Lipinski definition) is 0. The molecule has 0 bridgehead atoms. The van der Waals surface area contributed by atoms with E-state index in [2.05, 4.69) is 20.0 Å². The van der Waals surface area contributed by atoms with Crippen molar-refractivity contribution < 1.29 is 8.94 Å². The van der Waals surface area contributed by atoms with E-state index in [9.17, 15) is 0 Å². The molecule has 1 aliphatic heterocycles. The largest absolute Gasteiger partial charge is 0.439 e. The van der Waals surface area contributed by atoms with Crippen LogP contribution < -0.4 is 0 Å². The Bertz CT molecular complexity index is 746. The fraction of sp³-hybridized carbons (Fsp3) is 0.438. The van der Waals surface area contributed by atoms with Crippen molar-refractivity contribution in [1.82, 2.24) is 20.0 Å². The van der Waals surface area contributed by atoms with Gasteiger partial charge < -0.3 is 8.94 Å². The molecule has 22 heavy (non-hydrogen) atoms. The SMILES string of the molecule is CCc1nc([C@@H]2CCCN2Cc2nc3ccccc3o2)no1. The summed E-state index contributed by atoms with van der Waals surface area (Å²) in [5, 5.41) is 4.12. The van der Waals surface area contributed by atoms with Gasteiger partial charge in [0.1, 0.15) is 5.52 Å². The molecule has 0 amide bonds. The first-order valence-corrected chi connectivity index (χ1v) is 7.74. The Labute approximate surface area is 128 Å². The normalized spacial score (nSPS) is 19.2. The topological polar surface area (TPSA) is 68.2 Å². The number of para-hydroxylation sites is 2. The lowest BCUT2D eigenvalue weighted by atomic mass is 10.2. The molecule has 1 fully saturated rings. The van der Waals surface area contributed by atoms with E-state index >= 15 is 0 Å². The Balaban J connectivity index is 1.55. The Hall–Kier alpha value is -2.21. The Morgan fingerprint density at radius 1 is 1.23 bits per heavy atom. The van der Waals surface area contributed by atoms with Gasteiger partial charge in [-0.1, -0.05) is 24.2 Å². The van der Waals surface area contributed by atoms with Gasteiger partial charge in [-0.05, 0) is 31.5 Å². The molecule has 0 spiro atoms. The minimum Gasteiger partial charge on any atom is -0.439 e. The molecule has 1 saturated heterocycles. The summed E-state index contributed by atoms with van der Waals surface area (Å²) in [6, 6.07) is 8.04. The predicted molar refractivity (Wildman–Crippen MR) is 80.1 cm³/mol. The van der Waals surface area contributed by atoms with E-state index in [-0.39, 0.29) is 6.04 Å². The van der Waals surface area contributed by atoms with Gasteiger partial charge >= 0.3 is 0 Å². The summed E-state index contributed by atoms with van der Waals surface area (Å²) in [5.74, 6) is 2.22. The van der Waals surface area contributed by atoms with Gasteiger partial charge in [-0.25, -0.2) is 4.98 Å². The summed E-state index contributed by atoms with van der Waals surface area (Å²) >= 11 is 0. The number of benzene rings is 1. The third kappa shape index (κ3) is 2.39. The highest BCUT2D eigenvalue weighted by Gasteiger charge is 2.30. The van der Waals surface area contributed by atoms with E-state index in [4.69, 9.17) is 8.94 Å². The highest BCUT2D eigenvalue weighted by atomic mass is 16.5. The number of aromatic nitrogens is 3. The van der Waals surface area contributed by atoms with Gasteiger partial charge in [-0.3, -0.25) is 4.90 Å². The highest BCUT2D eigenvalue weighted by Crippen LogP contribution is 2.31. The molecule has 0 radical (unpaired) electrons. The van der Waals surface area contributed by atoms with Crippen LogP contribution in [0.3, 0.4) is 0 Å². The molecule has 0 aliphatic carbocycles. The van der Waals surface area contributed by atoms with E-state index in [1.165, 1.54) is 0 Å². The molecule has 114 valence electrons. The average Bonchev–Trinajstić information content (AvgIpc) is 3.25. The van der Waals surface area contributed by atoms with Crippen LogP contribution in [-0.2, 0) is 13.0 Å². The van der Waals surface area contributed by atoms with E-state index in [1.54, 1.807) is 0 Å². The molecular formula is C16H18N4O2. The second kappa shape index (κ2) is 5.53. The molecule has 2 aromatic heterocycles. The maximum atomic E-state index is 5.82. The quantitative estimate of drug-likeness (QED) is 0.737. The summed E-state index contributed by atoms with van der Waals surface area (Å²) in [4.78, 5) is 11.3. The van der Waals surface area contributed by atoms with Gasteiger partial charge in [-0.2, -0.15) is 4.98 Å². The smallest absolute Gasteiger partial charge is 0.226 e. The maximum Gasteiger partial charge on any atom is 0.226 e. The minimum absolute atomic E-state index is 0.194. The molecule has 1 aromatic carbocycles. The number of hydrogen-bond acceptors (Lipinski definition) is 6. The van der Waals surface area contributed by atoms with Gasteiger partial charge in [0.05, 0.1) is 12.6 Å². The van der Waals surface area contributed by atoms with Crippen molar-refractivity contribution in [2.45, 2.75) is 38.8 Å². The van der Waals surface area contributed by atoms with E-state index in [0.29, 0.717) is 12.4 Å². The zero-order valence-electron chi connectivity index (χ0n) is 12.5. The number of aryl methyl sites for hydroxylation is 1. The van der Waals surface area contributed by atoms with Crippen LogP contribution >= 0.6 is 0 Å². The van der Waals surface area contributed by atoms with Crippen LogP contribution in [0.15, 0.2) is 33.2 Å². The summed E-state index contributed by atoms with van der Waals surface area (Å²) in [6.07, 6.45) is 2.94. The Morgan fingerprint density at radius 2 is 2.14 bits per heavy atom. The van der Waals surface area contributed by atoms with Gasteiger partial charge in [0, 0.05) is 6.42 Å². The van der Waals surface area contributed by atoms with Crippen molar-refractivity contribution in [1.29, 1.82) is 0 Å². The van der Waals surface area contributed by atoms with E-state index in [1.807, 2.05) is 31.2 Å². The van der Waals surface area contributed by atoms with Crippen LogP contribution in [-0.4, -0.2) is 26.6 Å². The highest BCUT2D eigenvalue weighted by molar-refractivity contribution is 5.72. The maximum absolute atomic E-state index is 5.82. The second-order valence-corrected chi connectivity index (χ2v) is 5.60. The van der Waals surface area contributed by atoms with E-state index < -0.39 is 0 Å².